The molecule has 2 N–H and O–H groups in total. The summed E-state index contributed by atoms with van der Waals surface area (Å²) in [6.07, 6.45) is 3.82. The van der Waals surface area contributed by atoms with Gasteiger partial charge in [-0.2, -0.15) is 0 Å². The van der Waals surface area contributed by atoms with Crippen molar-refractivity contribution in [2.45, 2.75) is 39.2 Å². The zero-order valence-electron chi connectivity index (χ0n) is 11.1. The predicted octanol–water partition coefficient (Wildman–Crippen LogP) is 3.80. The summed E-state index contributed by atoms with van der Waals surface area (Å²) in [5, 5.41) is 3.55. The molecule has 3 nitrogen and oxygen atoms in total. The molecule has 3 atom stereocenters. The van der Waals surface area contributed by atoms with Gasteiger partial charge in [0.2, 0.25) is 5.95 Å². The van der Waals surface area contributed by atoms with Crippen molar-refractivity contribution in [2.24, 2.45) is 11.8 Å². The molecule has 18 heavy (non-hydrogen) atoms. The van der Waals surface area contributed by atoms with Gasteiger partial charge in [0, 0.05) is 6.04 Å². The van der Waals surface area contributed by atoms with E-state index in [-0.39, 0.29) is 0 Å². The van der Waals surface area contributed by atoms with Gasteiger partial charge in [0.15, 0.2) is 0 Å². The Bertz CT molecular complexity index is 498. The average molecular weight is 243 g/mol. The number of hydrogen-bond donors (Lipinski definition) is 2. The molecule has 1 aromatic heterocycles. The van der Waals surface area contributed by atoms with Gasteiger partial charge in [-0.05, 0) is 43.2 Å². The standard InChI is InChI=1S/C15H21N3/c1-10-7-8-12(9-11(10)2)16-15-17-13-5-3-4-6-14(13)18-15/h3-6,10-12H,7-9H2,1-2H3,(H2,16,17,18). The Balaban J connectivity index is 1.72. The lowest BCUT2D eigenvalue weighted by atomic mass is 9.79. The minimum Gasteiger partial charge on any atom is -0.353 e. The molecule has 1 aromatic carbocycles. The summed E-state index contributed by atoms with van der Waals surface area (Å²) >= 11 is 0. The number of aromatic amines is 1. The molecule has 1 heterocycles. The predicted molar refractivity (Wildman–Crippen MR) is 75.7 cm³/mol. The highest BCUT2D eigenvalue weighted by atomic mass is 15.1. The van der Waals surface area contributed by atoms with Crippen molar-refractivity contribution in [3.05, 3.63) is 24.3 Å². The number of hydrogen-bond acceptors (Lipinski definition) is 2. The van der Waals surface area contributed by atoms with Gasteiger partial charge in [0.05, 0.1) is 11.0 Å². The first kappa shape index (κ1) is 11.6. The third-order valence-corrected chi connectivity index (χ3v) is 4.33. The van der Waals surface area contributed by atoms with Crippen molar-refractivity contribution in [1.82, 2.24) is 9.97 Å². The van der Waals surface area contributed by atoms with Crippen LogP contribution < -0.4 is 5.32 Å². The van der Waals surface area contributed by atoms with Crippen molar-refractivity contribution < 1.29 is 0 Å². The van der Waals surface area contributed by atoms with E-state index in [0.29, 0.717) is 6.04 Å². The van der Waals surface area contributed by atoms with E-state index >= 15 is 0 Å². The maximum atomic E-state index is 4.58. The third kappa shape index (κ3) is 2.22. The van der Waals surface area contributed by atoms with E-state index in [2.05, 4.69) is 35.2 Å². The van der Waals surface area contributed by atoms with Crippen molar-refractivity contribution in [2.75, 3.05) is 5.32 Å². The first-order valence-electron chi connectivity index (χ1n) is 6.93. The number of fused-ring (bicyclic) bond motifs is 1. The molecule has 0 saturated heterocycles. The number of aromatic nitrogens is 2. The largest absolute Gasteiger partial charge is 0.353 e. The van der Waals surface area contributed by atoms with Gasteiger partial charge in [0.1, 0.15) is 0 Å². The Kier molecular flexibility index (Phi) is 2.98. The lowest BCUT2D eigenvalue weighted by Crippen LogP contribution is -2.30. The Labute approximate surface area is 108 Å². The molecule has 2 aromatic rings. The third-order valence-electron chi connectivity index (χ3n) is 4.33. The molecular formula is C15H21N3. The molecule has 3 rings (SSSR count). The molecule has 0 spiro atoms. The number of H-pyrrole nitrogens is 1. The topological polar surface area (TPSA) is 40.7 Å². The summed E-state index contributed by atoms with van der Waals surface area (Å²) in [6, 6.07) is 8.74. The molecule has 96 valence electrons. The fourth-order valence-corrected chi connectivity index (χ4v) is 2.89. The SMILES string of the molecule is CC1CCC(Nc2nc3ccccc3[nH]2)CC1C. The van der Waals surface area contributed by atoms with Gasteiger partial charge < -0.3 is 10.3 Å². The summed E-state index contributed by atoms with van der Waals surface area (Å²) in [6.45, 7) is 4.72. The summed E-state index contributed by atoms with van der Waals surface area (Å²) in [7, 11) is 0. The van der Waals surface area contributed by atoms with Crippen molar-refractivity contribution in [3.8, 4) is 0 Å². The van der Waals surface area contributed by atoms with Crippen molar-refractivity contribution >= 4 is 17.0 Å². The number of imidazole rings is 1. The Hall–Kier alpha value is -1.51. The van der Waals surface area contributed by atoms with Crippen molar-refractivity contribution in [1.29, 1.82) is 0 Å². The van der Waals surface area contributed by atoms with Crippen LogP contribution in [0.15, 0.2) is 24.3 Å². The number of benzene rings is 1. The number of anilines is 1. The molecular weight excluding hydrogens is 222 g/mol. The fourth-order valence-electron chi connectivity index (χ4n) is 2.89. The van der Waals surface area contributed by atoms with Crippen LogP contribution >= 0.6 is 0 Å². The van der Waals surface area contributed by atoms with Crippen LogP contribution in [-0.2, 0) is 0 Å². The highest BCUT2D eigenvalue weighted by molar-refractivity contribution is 5.77. The van der Waals surface area contributed by atoms with E-state index < -0.39 is 0 Å². The van der Waals surface area contributed by atoms with E-state index in [9.17, 15) is 0 Å². The monoisotopic (exact) mass is 243 g/mol. The number of nitrogens with zero attached hydrogens (tertiary/aromatic N) is 1. The van der Waals surface area contributed by atoms with Gasteiger partial charge >= 0.3 is 0 Å². The molecule has 0 radical (unpaired) electrons. The smallest absolute Gasteiger partial charge is 0.201 e. The Morgan fingerprint density at radius 3 is 2.78 bits per heavy atom. The van der Waals surface area contributed by atoms with E-state index in [1.165, 1.54) is 19.3 Å². The highest BCUT2D eigenvalue weighted by Gasteiger charge is 2.24. The number of nitrogens with one attached hydrogen (secondary N) is 2. The van der Waals surface area contributed by atoms with Gasteiger partial charge in [-0.25, -0.2) is 4.98 Å². The van der Waals surface area contributed by atoms with Crippen LogP contribution in [0.4, 0.5) is 5.95 Å². The lowest BCUT2D eigenvalue weighted by Gasteiger charge is -2.32. The molecule has 0 bridgehead atoms. The van der Waals surface area contributed by atoms with Crippen LogP contribution in [0.1, 0.15) is 33.1 Å². The minimum absolute atomic E-state index is 0.566. The second-order valence-corrected chi connectivity index (χ2v) is 5.71. The van der Waals surface area contributed by atoms with Crippen molar-refractivity contribution in [3.63, 3.8) is 0 Å². The normalized spacial score (nSPS) is 28.4. The molecule has 1 aliphatic carbocycles. The molecule has 1 saturated carbocycles. The second-order valence-electron chi connectivity index (χ2n) is 5.71. The van der Waals surface area contributed by atoms with Gasteiger partial charge in [-0.3, -0.25) is 0 Å². The maximum Gasteiger partial charge on any atom is 0.201 e. The number of rotatable bonds is 2. The van der Waals surface area contributed by atoms with Crippen LogP contribution in [0.5, 0.6) is 0 Å². The molecule has 1 aliphatic rings. The molecule has 3 unspecified atom stereocenters. The zero-order chi connectivity index (χ0) is 12.5. The van der Waals surface area contributed by atoms with E-state index in [0.717, 1.165) is 28.8 Å². The zero-order valence-corrected chi connectivity index (χ0v) is 11.1. The second kappa shape index (κ2) is 4.63. The number of para-hydroxylation sites is 2. The quantitative estimate of drug-likeness (QED) is 0.842. The van der Waals surface area contributed by atoms with E-state index in [1.807, 2.05) is 18.2 Å². The summed E-state index contributed by atoms with van der Waals surface area (Å²) < 4.78 is 0. The van der Waals surface area contributed by atoms with Crippen LogP contribution in [0.25, 0.3) is 11.0 Å². The lowest BCUT2D eigenvalue weighted by molar-refractivity contribution is 0.260. The Morgan fingerprint density at radius 2 is 2.00 bits per heavy atom. The van der Waals surface area contributed by atoms with Gasteiger partial charge in [0.25, 0.3) is 0 Å². The first-order valence-corrected chi connectivity index (χ1v) is 6.93. The summed E-state index contributed by atoms with van der Waals surface area (Å²) in [4.78, 5) is 7.93. The first-order chi connectivity index (χ1) is 8.72. The van der Waals surface area contributed by atoms with Crippen LogP contribution in [0.2, 0.25) is 0 Å². The van der Waals surface area contributed by atoms with Crippen LogP contribution in [0.3, 0.4) is 0 Å². The molecule has 0 aliphatic heterocycles. The molecule has 3 heteroatoms. The summed E-state index contributed by atoms with van der Waals surface area (Å²) in [5.41, 5.74) is 2.15. The average Bonchev–Trinajstić information content (AvgIpc) is 2.76. The molecule has 1 fully saturated rings. The van der Waals surface area contributed by atoms with Crippen LogP contribution in [-0.4, -0.2) is 16.0 Å². The highest BCUT2D eigenvalue weighted by Crippen LogP contribution is 2.30. The van der Waals surface area contributed by atoms with Gasteiger partial charge in [-0.1, -0.05) is 26.0 Å². The van der Waals surface area contributed by atoms with E-state index in [1.54, 1.807) is 0 Å². The maximum absolute atomic E-state index is 4.58. The summed E-state index contributed by atoms with van der Waals surface area (Å²) in [5.74, 6) is 2.59. The Morgan fingerprint density at radius 1 is 1.17 bits per heavy atom. The fraction of sp³-hybridized carbons (Fsp3) is 0.533. The molecule has 0 amide bonds. The van der Waals surface area contributed by atoms with E-state index in [4.69, 9.17) is 0 Å². The minimum atomic E-state index is 0.566. The van der Waals surface area contributed by atoms with Crippen LogP contribution in [0, 0.1) is 11.8 Å². The van der Waals surface area contributed by atoms with Gasteiger partial charge in [-0.15, -0.1) is 0 Å².